The molecule has 2 heterocycles. The number of aliphatic hydroxyl groups excluding tert-OH is 1. The summed E-state index contributed by atoms with van der Waals surface area (Å²) < 4.78 is 1.81. The van der Waals surface area contributed by atoms with E-state index in [4.69, 9.17) is 0 Å². The number of nitrogens with zero attached hydrogens (tertiary/aromatic N) is 3. The Morgan fingerprint density at radius 2 is 2.04 bits per heavy atom. The predicted octanol–water partition coefficient (Wildman–Crippen LogP) is 1.47. The minimum absolute atomic E-state index is 0.00884. The average Bonchev–Trinajstić information content (AvgIpc) is 2.90. The van der Waals surface area contributed by atoms with Crippen molar-refractivity contribution in [1.82, 2.24) is 14.7 Å². The molecule has 23 heavy (non-hydrogen) atoms. The quantitative estimate of drug-likeness (QED) is 0.867. The van der Waals surface area contributed by atoms with Crippen LogP contribution in [0, 0.1) is 0 Å². The smallest absolute Gasteiger partial charge is 0.274 e. The summed E-state index contributed by atoms with van der Waals surface area (Å²) in [6.45, 7) is 1.37. The van der Waals surface area contributed by atoms with Gasteiger partial charge in [-0.3, -0.25) is 9.48 Å². The van der Waals surface area contributed by atoms with Gasteiger partial charge in [-0.15, -0.1) is 0 Å². The van der Waals surface area contributed by atoms with Gasteiger partial charge in [-0.25, -0.2) is 0 Å². The van der Waals surface area contributed by atoms with Gasteiger partial charge in [0.2, 0.25) is 0 Å². The molecule has 1 aliphatic carbocycles. The first-order valence-electron chi connectivity index (χ1n) is 8.22. The molecule has 1 aromatic heterocycles. The first kappa shape index (κ1) is 14.5. The van der Waals surface area contributed by atoms with Crippen LogP contribution in [0.3, 0.4) is 0 Å². The van der Waals surface area contributed by atoms with E-state index in [-0.39, 0.29) is 12.0 Å². The standard InChI is InChI=1S/C18H21N3O2/c1-20-16-7-6-14(22)10-15(16)17(19-20)18(23)21-9-8-12-4-2-3-5-13(12)11-21/h2-5,14,22H,6-11H2,1H3. The Morgan fingerprint density at radius 3 is 2.87 bits per heavy atom. The Kier molecular flexibility index (Phi) is 3.45. The summed E-state index contributed by atoms with van der Waals surface area (Å²) in [6, 6.07) is 8.29. The largest absolute Gasteiger partial charge is 0.393 e. The summed E-state index contributed by atoms with van der Waals surface area (Å²) in [5, 5.41) is 14.4. The van der Waals surface area contributed by atoms with Crippen molar-refractivity contribution in [1.29, 1.82) is 0 Å². The molecule has 120 valence electrons. The molecule has 1 atom stereocenters. The maximum atomic E-state index is 13.0. The predicted molar refractivity (Wildman–Crippen MR) is 86.1 cm³/mol. The van der Waals surface area contributed by atoms with Gasteiger partial charge in [0.05, 0.1) is 6.10 Å². The van der Waals surface area contributed by atoms with Gasteiger partial charge in [-0.1, -0.05) is 24.3 Å². The van der Waals surface area contributed by atoms with Crippen LogP contribution in [-0.2, 0) is 32.9 Å². The van der Waals surface area contributed by atoms with Crippen LogP contribution in [0.4, 0.5) is 0 Å². The molecule has 2 aromatic rings. The molecule has 4 rings (SSSR count). The topological polar surface area (TPSA) is 58.4 Å². The monoisotopic (exact) mass is 311 g/mol. The fourth-order valence-electron chi connectivity index (χ4n) is 3.76. The van der Waals surface area contributed by atoms with Crippen molar-refractivity contribution in [2.75, 3.05) is 6.54 Å². The fourth-order valence-corrected chi connectivity index (χ4v) is 3.76. The van der Waals surface area contributed by atoms with Crippen LogP contribution < -0.4 is 0 Å². The zero-order valence-electron chi connectivity index (χ0n) is 13.3. The van der Waals surface area contributed by atoms with Gasteiger partial charge in [-0.2, -0.15) is 5.10 Å². The number of hydrogen-bond acceptors (Lipinski definition) is 3. The highest BCUT2D eigenvalue weighted by Crippen LogP contribution is 2.27. The maximum absolute atomic E-state index is 13.0. The second-order valence-electron chi connectivity index (χ2n) is 6.54. The van der Waals surface area contributed by atoms with Gasteiger partial charge in [0.1, 0.15) is 0 Å². The minimum Gasteiger partial charge on any atom is -0.393 e. The molecule has 5 heteroatoms. The number of aryl methyl sites for hydroxylation is 1. The average molecular weight is 311 g/mol. The van der Waals surface area contributed by atoms with Crippen LogP contribution in [-0.4, -0.2) is 38.3 Å². The van der Waals surface area contributed by atoms with E-state index in [9.17, 15) is 9.90 Å². The van der Waals surface area contributed by atoms with Crippen molar-refractivity contribution in [2.45, 2.75) is 38.3 Å². The van der Waals surface area contributed by atoms with Crippen molar-refractivity contribution >= 4 is 5.91 Å². The highest BCUT2D eigenvalue weighted by Gasteiger charge is 2.30. The molecule has 0 fully saturated rings. The number of rotatable bonds is 1. The number of amides is 1. The van der Waals surface area contributed by atoms with Crippen molar-refractivity contribution < 1.29 is 9.90 Å². The zero-order chi connectivity index (χ0) is 16.0. The van der Waals surface area contributed by atoms with Crippen molar-refractivity contribution in [3.8, 4) is 0 Å². The van der Waals surface area contributed by atoms with Crippen molar-refractivity contribution in [3.63, 3.8) is 0 Å². The Balaban J connectivity index is 1.64. The lowest BCUT2D eigenvalue weighted by molar-refractivity contribution is 0.0725. The number of carbonyl (C=O) groups is 1. The van der Waals surface area contributed by atoms with E-state index in [1.807, 2.05) is 28.8 Å². The second kappa shape index (κ2) is 5.49. The summed E-state index contributed by atoms with van der Waals surface area (Å²) in [5.74, 6) is -0.00884. The molecule has 1 unspecified atom stereocenters. The third-order valence-electron chi connectivity index (χ3n) is 5.05. The molecule has 1 amide bonds. The molecule has 5 nitrogen and oxygen atoms in total. The summed E-state index contributed by atoms with van der Waals surface area (Å²) >= 11 is 0. The van der Waals surface area contributed by atoms with Crippen molar-refractivity contribution in [2.24, 2.45) is 7.05 Å². The molecule has 0 radical (unpaired) electrons. The number of fused-ring (bicyclic) bond motifs is 2. The molecule has 1 N–H and O–H groups in total. The summed E-state index contributed by atoms with van der Waals surface area (Å²) in [6.07, 6.45) is 2.60. The fraction of sp³-hybridized carbons (Fsp3) is 0.444. The van der Waals surface area contributed by atoms with Gasteiger partial charge in [0.15, 0.2) is 5.69 Å². The number of hydrogen-bond donors (Lipinski definition) is 1. The number of aromatic nitrogens is 2. The Bertz CT molecular complexity index is 766. The van der Waals surface area contributed by atoms with E-state index in [2.05, 4.69) is 17.2 Å². The molecule has 1 aromatic carbocycles. The van der Waals surface area contributed by atoms with Gasteiger partial charge in [0, 0.05) is 37.8 Å². The number of aliphatic hydroxyl groups is 1. The van der Waals surface area contributed by atoms with E-state index < -0.39 is 0 Å². The molecular weight excluding hydrogens is 290 g/mol. The Labute approximate surface area is 135 Å². The van der Waals surface area contributed by atoms with Crippen LogP contribution in [0.5, 0.6) is 0 Å². The summed E-state index contributed by atoms with van der Waals surface area (Å²) in [5.41, 5.74) is 5.11. The first-order chi connectivity index (χ1) is 11.1. The highest BCUT2D eigenvalue weighted by atomic mass is 16.3. The second-order valence-corrected chi connectivity index (χ2v) is 6.54. The van der Waals surface area contributed by atoms with E-state index in [1.165, 1.54) is 11.1 Å². The Morgan fingerprint density at radius 1 is 1.26 bits per heavy atom. The lowest BCUT2D eigenvalue weighted by atomic mass is 9.92. The summed E-state index contributed by atoms with van der Waals surface area (Å²) in [4.78, 5) is 14.9. The third kappa shape index (κ3) is 2.45. The van der Waals surface area contributed by atoms with Gasteiger partial charge in [0.25, 0.3) is 5.91 Å². The first-order valence-corrected chi connectivity index (χ1v) is 8.22. The molecule has 0 bridgehead atoms. The van der Waals surface area contributed by atoms with Gasteiger partial charge >= 0.3 is 0 Å². The maximum Gasteiger partial charge on any atom is 0.274 e. The van der Waals surface area contributed by atoms with Crippen LogP contribution >= 0.6 is 0 Å². The lowest BCUT2D eigenvalue weighted by Crippen LogP contribution is -2.37. The molecule has 1 aliphatic heterocycles. The van der Waals surface area contributed by atoms with Gasteiger partial charge in [-0.05, 0) is 30.4 Å². The Hall–Kier alpha value is -2.14. The summed E-state index contributed by atoms with van der Waals surface area (Å²) in [7, 11) is 1.89. The molecule has 2 aliphatic rings. The molecule has 0 saturated heterocycles. The van der Waals surface area contributed by atoms with Gasteiger partial charge < -0.3 is 10.0 Å². The third-order valence-corrected chi connectivity index (χ3v) is 5.05. The molecule has 0 saturated carbocycles. The van der Waals surface area contributed by atoms with E-state index in [1.54, 1.807) is 0 Å². The highest BCUT2D eigenvalue weighted by molar-refractivity contribution is 5.94. The van der Waals surface area contributed by atoms with Crippen molar-refractivity contribution in [3.05, 3.63) is 52.3 Å². The van der Waals surface area contributed by atoms with Crippen LogP contribution in [0.2, 0.25) is 0 Å². The minimum atomic E-state index is -0.361. The van der Waals surface area contributed by atoms with Crippen LogP contribution in [0.15, 0.2) is 24.3 Å². The lowest BCUT2D eigenvalue weighted by Gasteiger charge is -2.29. The van der Waals surface area contributed by atoms with Crippen LogP contribution in [0.25, 0.3) is 0 Å². The van der Waals surface area contributed by atoms with E-state index >= 15 is 0 Å². The number of carbonyl (C=O) groups excluding carboxylic acids is 1. The normalized spacial score (nSPS) is 20.1. The van der Waals surface area contributed by atoms with E-state index in [0.717, 1.165) is 37.1 Å². The number of benzene rings is 1. The van der Waals surface area contributed by atoms with E-state index in [0.29, 0.717) is 18.7 Å². The van der Waals surface area contributed by atoms with Crippen LogP contribution in [0.1, 0.15) is 39.3 Å². The zero-order valence-corrected chi connectivity index (χ0v) is 13.3. The molecular formula is C18H21N3O2. The molecule has 0 spiro atoms. The SMILES string of the molecule is Cn1nc(C(=O)N2CCc3ccccc3C2)c2c1CCC(O)C2.